The second-order valence-electron chi connectivity index (χ2n) is 6.78. The van der Waals surface area contributed by atoms with Gasteiger partial charge in [-0.2, -0.15) is 0 Å². The molecular formula is C17H29N3S. The summed E-state index contributed by atoms with van der Waals surface area (Å²) in [4.78, 5) is 9.09. The van der Waals surface area contributed by atoms with Crippen molar-refractivity contribution in [2.75, 3.05) is 24.5 Å². The Morgan fingerprint density at radius 3 is 2.86 bits per heavy atom. The molecule has 1 aromatic rings. The molecule has 1 saturated heterocycles. The molecule has 0 aromatic carbocycles. The lowest BCUT2D eigenvalue weighted by Crippen LogP contribution is -2.23. The number of nitrogens with one attached hydrogen (secondary N) is 1. The molecule has 1 aliphatic heterocycles. The van der Waals surface area contributed by atoms with Crippen molar-refractivity contribution < 1.29 is 0 Å². The average Bonchev–Trinajstić information content (AvgIpc) is 3.26. The van der Waals surface area contributed by atoms with Crippen LogP contribution in [0.4, 0.5) is 5.13 Å². The standard InChI is InChI=1S/C17H29N3S/c1-3-9-18-12-15-16(14-6-7-14)19-17(21-15)20-10-4-5-13(2)8-11-20/h13-14,18H,3-12H2,1-2H3. The van der Waals surface area contributed by atoms with E-state index in [0.717, 1.165) is 24.9 Å². The van der Waals surface area contributed by atoms with Crippen LogP contribution in [0.1, 0.15) is 68.9 Å². The number of hydrogen-bond acceptors (Lipinski definition) is 4. The van der Waals surface area contributed by atoms with Crippen LogP contribution in [0.25, 0.3) is 0 Å². The zero-order valence-corrected chi connectivity index (χ0v) is 14.3. The van der Waals surface area contributed by atoms with Gasteiger partial charge < -0.3 is 10.2 Å². The minimum atomic E-state index is 0.763. The largest absolute Gasteiger partial charge is 0.348 e. The Hall–Kier alpha value is -0.610. The maximum atomic E-state index is 5.05. The molecule has 1 aromatic heterocycles. The lowest BCUT2D eigenvalue weighted by Gasteiger charge is -2.18. The van der Waals surface area contributed by atoms with Gasteiger partial charge in [-0.25, -0.2) is 4.98 Å². The maximum Gasteiger partial charge on any atom is 0.185 e. The Labute approximate surface area is 133 Å². The summed E-state index contributed by atoms with van der Waals surface area (Å²) in [5.41, 5.74) is 1.41. The molecule has 2 aliphatic rings. The smallest absolute Gasteiger partial charge is 0.185 e. The van der Waals surface area contributed by atoms with Gasteiger partial charge in [-0.1, -0.05) is 13.8 Å². The van der Waals surface area contributed by atoms with Crippen LogP contribution < -0.4 is 10.2 Å². The summed E-state index contributed by atoms with van der Waals surface area (Å²) in [7, 11) is 0. The van der Waals surface area contributed by atoms with Crippen LogP contribution in [0.2, 0.25) is 0 Å². The van der Waals surface area contributed by atoms with Gasteiger partial charge >= 0.3 is 0 Å². The van der Waals surface area contributed by atoms with Crippen molar-refractivity contribution in [2.24, 2.45) is 5.92 Å². The molecule has 1 saturated carbocycles. The van der Waals surface area contributed by atoms with Crippen molar-refractivity contribution in [1.82, 2.24) is 10.3 Å². The third kappa shape index (κ3) is 3.98. The number of anilines is 1. The van der Waals surface area contributed by atoms with Crippen molar-refractivity contribution in [2.45, 2.75) is 64.8 Å². The van der Waals surface area contributed by atoms with E-state index in [1.54, 1.807) is 0 Å². The summed E-state index contributed by atoms with van der Waals surface area (Å²) < 4.78 is 0. The monoisotopic (exact) mass is 307 g/mol. The average molecular weight is 308 g/mol. The topological polar surface area (TPSA) is 28.2 Å². The molecular weight excluding hydrogens is 278 g/mol. The normalized spacial score (nSPS) is 23.3. The van der Waals surface area contributed by atoms with Gasteiger partial charge in [-0.05, 0) is 51.0 Å². The fourth-order valence-corrected chi connectivity index (χ4v) is 4.29. The predicted molar refractivity (Wildman–Crippen MR) is 91.3 cm³/mol. The van der Waals surface area contributed by atoms with Crippen molar-refractivity contribution in [1.29, 1.82) is 0 Å². The van der Waals surface area contributed by atoms with Gasteiger partial charge in [0.2, 0.25) is 0 Å². The molecule has 0 amide bonds. The molecule has 0 spiro atoms. The highest BCUT2D eigenvalue weighted by atomic mass is 32.1. The van der Waals surface area contributed by atoms with E-state index < -0.39 is 0 Å². The van der Waals surface area contributed by atoms with Crippen LogP contribution in [0.3, 0.4) is 0 Å². The molecule has 21 heavy (non-hydrogen) atoms. The van der Waals surface area contributed by atoms with Gasteiger partial charge in [0.1, 0.15) is 0 Å². The highest BCUT2D eigenvalue weighted by Gasteiger charge is 2.30. The Morgan fingerprint density at radius 1 is 1.24 bits per heavy atom. The third-order valence-corrected chi connectivity index (χ3v) is 5.81. The fraction of sp³-hybridized carbons (Fsp3) is 0.824. The van der Waals surface area contributed by atoms with Gasteiger partial charge in [0, 0.05) is 30.4 Å². The summed E-state index contributed by atoms with van der Waals surface area (Å²) in [5.74, 6) is 1.64. The van der Waals surface area contributed by atoms with Crippen LogP contribution in [0, 0.1) is 5.92 Å². The summed E-state index contributed by atoms with van der Waals surface area (Å²) in [6.07, 6.45) is 7.92. The first-order valence-electron chi connectivity index (χ1n) is 8.73. The molecule has 1 aliphatic carbocycles. The van der Waals surface area contributed by atoms with Crippen LogP contribution in [0.15, 0.2) is 0 Å². The molecule has 1 atom stereocenters. The molecule has 3 rings (SSSR count). The van der Waals surface area contributed by atoms with Gasteiger partial charge in [0.05, 0.1) is 5.69 Å². The number of nitrogens with zero attached hydrogens (tertiary/aromatic N) is 2. The first-order chi connectivity index (χ1) is 10.3. The van der Waals surface area contributed by atoms with E-state index in [1.165, 1.54) is 67.3 Å². The molecule has 118 valence electrons. The van der Waals surface area contributed by atoms with Crippen LogP contribution in [-0.4, -0.2) is 24.6 Å². The molecule has 1 N–H and O–H groups in total. The highest BCUT2D eigenvalue weighted by molar-refractivity contribution is 7.15. The van der Waals surface area contributed by atoms with Crippen molar-refractivity contribution in [3.8, 4) is 0 Å². The summed E-state index contributed by atoms with van der Waals surface area (Å²) >= 11 is 1.95. The SMILES string of the molecule is CCCNCc1sc(N2CCCC(C)CC2)nc1C1CC1. The Bertz CT molecular complexity index is 453. The van der Waals surface area contributed by atoms with Gasteiger partial charge in [0.25, 0.3) is 0 Å². The van der Waals surface area contributed by atoms with E-state index in [2.05, 4.69) is 24.1 Å². The van der Waals surface area contributed by atoms with Crippen LogP contribution in [0.5, 0.6) is 0 Å². The second-order valence-corrected chi connectivity index (χ2v) is 7.84. The second kappa shape index (κ2) is 7.10. The molecule has 2 fully saturated rings. The third-order valence-electron chi connectivity index (χ3n) is 4.68. The molecule has 0 radical (unpaired) electrons. The van der Waals surface area contributed by atoms with Crippen molar-refractivity contribution in [3.05, 3.63) is 10.6 Å². The quantitative estimate of drug-likeness (QED) is 0.800. The predicted octanol–water partition coefficient (Wildman–Crippen LogP) is 4.15. The van der Waals surface area contributed by atoms with Crippen LogP contribution in [-0.2, 0) is 6.54 Å². The number of aromatic nitrogens is 1. The molecule has 4 heteroatoms. The van der Waals surface area contributed by atoms with Gasteiger partial charge in [0.15, 0.2) is 5.13 Å². The first-order valence-corrected chi connectivity index (χ1v) is 9.54. The Balaban J connectivity index is 1.71. The fourth-order valence-electron chi connectivity index (χ4n) is 3.12. The molecule has 2 heterocycles. The van der Waals surface area contributed by atoms with Crippen molar-refractivity contribution >= 4 is 16.5 Å². The lowest BCUT2D eigenvalue weighted by atomic mass is 10.0. The summed E-state index contributed by atoms with van der Waals surface area (Å²) in [6, 6.07) is 0. The van der Waals surface area contributed by atoms with E-state index in [-0.39, 0.29) is 0 Å². The zero-order chi connectivity index (χ0) is 14.7. The summed E-state index contributed by atoms with van der Waals surface area (Å²) in [6.45, 7) is 9.14. The maximum absolute atomic E-state index is 5.05. The first kappa shape index (κ1) is 15.3. The van der Waals surface area contributed by atoms with E-state index >= 15 is 0 Å². The lowest BCUT2D eigenvalue weighted by molar-refractivity contribution is 0.521. The van der Waals surface area contributed by atoms with Crippen molar-refractivity contribution in [3.63, 3.8) is 0 Å². The molecule has 3 nitrogen and oxygen atoms in total. The minimum absolute atomic E-state index is 0.763. The number of thiazole rings is 1. The molecule has 0 bridgehead atoms. The molecule has 1 unspecified atom stereocenters. The Morgan fingerprint density at radius 2 is 2.10 bits per heavy atom. The van der Waals surface area contributed by atoms with Gasteiger partial charge in [-0.3, -0.25) is 0 Å². The van der Waals surface area contributed by atoms with E-state index in [1.807, 2.05) is 11.3 Å². The van der Waals surface area contributed by atoms with E-state index in [9.17, 15) is 0 Å². The van der Waals surface area contributed by atoms with E-state index in [0.29, 0.717) is 0 Å². The zero-order valence-electron chi connectivity index (χ0n) is 13.5. The van der Waals surface area contributed by atoms with Crippen LogP contribution >= 0.6 is 11.3 Å². The minimum Gasteiger partial charge on any atom is -0.348 e. The van der Waals surface area contributed by atoms with Gasteiger partial charge in [-0.15, -0.1) is 11.3 Å². The Kier molecular flexibility index (Phi) is 5.17. The number of rotatable bonds is 6. The van der Waals surface area contributed by atoms with E-state index in [4.69, 9.17) is 4.98 Å². The number of hydrogen-bond donors (Lipinski definition) is 1. The highest BCUT2D eigenvalue weighted by Crippen LogP contribution is 2.44. The summed E-state index contributed by atoms with van der Waals surface area (Å²) in [5, 5.41) is 4.85.